The summed E-state index contributed by atoms with van der Waals surface area (Å²) in [5.41, 5.74) is 9.78. The Morgan fingerprint density at radius 1 is 1.34 bits per heavy atom. The summed E-state index contributed by atoms with van der Waals surface area (Å²) in [5, 5.41) is 9.07. The van der Waals surface area contributed by atoms with Crippen molar-refractivity contribution in [3.63, 3.8) is 0 Å². The van der Waals surface area contributed by atoms with Crippen molar-refractivity contribution in [2.45, 2.75) is 38.9 Å². The summed E-state index contributed by atoms with van der Waals surface area (Å²) in [6.45, 7) is 3.76. The zero-order chi connectivity index (χ0) is 20.3. The van der Waals surface area contributed by atoms with Crippen LogP contribution < -0.4 is 10.6 Å². The van der Waals surface area contributed by atoms with Gasteiger partial charge in [0, 0.05) is 28.7 Å². The molecule has 7 heteroatoms. The number of nitrogens with zero attached hydrogens (tertiary/aromatic N) is 1. The van der Waals surface area contributed by atoms with Gasteiger partial charge in [0.2, 0.25) is 0 Å². The van der Waals surface area contributed by atoms with Crippen LogP contribution in [0.15, 0.2) is 35.3 Å². The molecule has 0 radical (unpaired) electrons. The molecule has 0 aromatic heterocycles. The van der Waals surface area contributed by atoms with E-state index < -0.39 is 0 Å². The van der Waals surface area contributed by atoms with Gasteiger partial charge in [-0.2, -0.15) is 0 Å². The average Bonchev–Trinajstić information content (AvgIpc) is 3.65. The molecule has 1 spiro atoms. The second kappa shape index (κ2) is 8.36. The SMILES string of the molecule is Cc1ccc(C#CC2CC2)cc1C(=O)N/C(=C/NCC1OCC2(CC2)CO1)N=N. The monoisotopic (exact) mass is 394 g/mol. The summed E-state index contributed by atoms with van der Waals surface area (Å²) in [4.78, 5) is 12.7. The van der Waals surface area contributed by atoms with Crippen LogP contribution in [0, 0.1) is 35.6 Å². The summed E-state index contributed by atoms with van der Waals surface area (Å²) >= 11 is 0. The molecule has 3 N–H and O–H groups in total. The molecule has 1 aliphatic heterocycles. The number of hydrogen-bond donors (Lipinski definition) is 3. The molecule has 3 aliphatic rings. The predicted octanol–water partition coefficient (Wildman–Crippen LogP) is 3.06. The molecule has 1 aromatic rings. The van der Waals surface area contributed by atoms with Crippen LogP contribution in [-0.4, -0.2) is 32.0 Å². The second-order valence-corrected chi connectivity index (χ2v) is 8.13. The van der Waals surface area contributed by atoms with Crippen LogP contribution in [0.4, 0.5) is 0 Å². The van der Waals surface area contributed by atoms with E-state index in [4.69, 9.17) is 15.0 Å². The van der Waals surface area contributed by atoms with E-state index in [0.717, 1.165) is 37.2 Å². The van der Waals surface area contributed by atoms with Gasteiger partial charge in [-0.05, 0) is 50.3 Å². The number of rotatable bonds is 6. The third kappa shape index (κ3) is 5.22. The number of amides is 1. The fourth-order valence-electron chi connectivity index (χ4n) is 3.10. The van der Waals surface area contributed by atoms with Gasteiger partial charge in [0.1, 0.15) is 0 Å². The largest absolute Gasteiger partial charge is 0.383 e. The summed E-state index contributed by atoms with van der Waals surface area (Å²) in [6, 6.07) is 5.59. The lowest BCUT2D eigenvalue weighted by molar-refractivity contribution is -0.203. The fourth-order valence-corrected chi connectivity index (χ4v) is 3.10. The minimum absolute atomic E-state index is 0.123. The van der Waals surface area contributed by atoms with Gasteiger partial charge in [-0.3, -0.25) is 4.79 Å². The van der Waals surface area contributed by atoms with Crippen molar-refractivity contribution in [3.8, 4) is 11.8 Å². The molecule has 1 aromatic carbocycles. The van der Waals surface area contributed by atoms with E-state index in [2.05, 4.69) is 27.6 Å². The van der Waals surface area contributed by atoms with Crippen LogP contribution in [0.5, 0.6) is 0 Å². The molecule has 2 aliphatic carbocycles. The standard InChI is InChI=1S/C22H26N4O3/c1-15-2-3-17(7-6-16-4-5-16)10-18(15)21(27)25-19(26-23)11-24-12-20-28-13-22(8-9-22)14-29-20/h2-3,10-11,16,20,23-24H,4-5,8-9,12-14H2,1H3,(H,25,27)/b19-11-,26-23?. The van der Waals surface area contributed by atoms with Gasteiger partial charge in [-0.1, -0.05) is 17.9 Å². The van der Waals surface area contributed by atoms with Gasteiger partial charge < -0.3 is 20.1 Å². The van der Waals surface area contributed by atoms with Crippen molar-refractivity contribution in [2.24, 2.45) is 16.4 Å². The Morgan fingerprint density at radius 2 is 2.10 bits per heavy atom. The molecule has 152 valence electrons. The highest BCUT2D eigenvalue weighted by Crippen LogP contribution is 2.48. The fraction of sp³-hybridized carbons (Fsp3) is 0.500. The first-order valence-electron chi connectivity index (χ1n) is 10.0. The highest BCUT2D eigenvalue weighted by molar-refractivity contribution is 5.97. The van der Waals surface area contributed by atoms with Crippen molar-refractivity contribution in [1.29, 1.82) is 5.53 Å². The predicted molar refractivity (Wildman–Crippen MR) is 107 cm³/mol. The minimum atomic E-state index is -0.330. The number of hydrogen-bond acceptors (Lipinski definition) is 6. The number of benzene rings is 1. The van der Waals surface area contributed by atoms with E-state index in [9.17, 15) is 4.79 Å². The van der Waals surface area contributed by atoms with E-state index in [0.29, 0.717) is 18.0 Å². The Balaban J connectivity index is 1.32. The maximum atomic E-state index is 12.7. The van der Waals surface area contributed by atoms with E-state index in [1.54, 1.807) is 6.07 Å². The molecule has 0 unspecified atom stereocenters. The summed E-state index contributed by atoms with van der Waals surface area (Å²) in [5.74, 6) is 6.64. The number of carbonyl (C=O) groups excluding carboxylic acids is 1. The van der Waals surface area contributed by atoms with Crippen molar-refractivity contribution in [3.05, 3.63) is 46.9 Å². The third-order valence-electron chi connectivity index (χ3n) is 5.47. The first kappa shape index (κ1) is 19.6. The number of carbonyl (C=O) groups is 1. The molecule has 1 saturated heterocycles. The molecular formula is C22H26N4O3. The smallest absolute Gasteiger partial charge is 0.257 e. The molecule has 1 heterocycles. The van der Waals surface area contributed by atoms with Crippen molar-refractivity contribution < 1.29 is 14.3 Å². The Labute approximate surface area is 170 Å². The van der Waals surface area contributed by atoms with Gasteiger partial charge in [0.05, 0.1) is 19.8 Å². The molecule has 4 rings (SSSR count). The summed E-state index contributed by atoms with van der Waals surface area (Å²) < 4.78 is 11.4. The van der Waals surface area contributed by atoms with E-state index >= 15 is 0 Å². The first-order valence-corrected chi connectivity index (χ1v) is 10.0. The summed E-state index contributed by atoms with van der Waals surface area (Å²) in [7, 11) is 0. The quantitative estimate of drug-likeness (QED) is 0.510. The molecule has 29 heavy (non-hydrogen) atoms. The Bertz CT molecular complexity index is 881. The van der Waals surface area contributed by atoms with Gasteiger partial charge in [-0.15, -0.1) is 5.11 Å². The van der Waals surface area contributed by atoms with E-state index in [1.165, 1.54) is 19.0 Å². The van der Waals surface area contributed by atoms with E-state index in [1.807, 2.05) is 19.1 Å². The normalized spacial score (nSPS) is 20.5. The average molecular weight is 394 g/mol. The van der Waals surface area contributed by atoms with Crippen LogP contribution in [0.2, 0.25) is 0 Å². The first-order chi connectivity index (χ1) is 14.1. The van der Waals surface area contributed by atoms with Gasteiger partial charge in [-0.25, -0.2) is 5.53 Å². The third-order valence-corrected chi connectivity index (χ3v) is 5.47. The topological polar surface area (TPSA) is 95.8 Å². The Kier molecular flexibility index (Phi) is 5.65. The molecule has 0 atom stereocenters. The molecular weight excluding hydrogens is 368 g/mol. The maximum Gasteiger partial charge on any atom is 0.257 e. The second-order valence-electron chi connectivity index (χ2n) is 8.13. The van der Waals surface area contributed by atoms with Gasteiger partial charge >= 0.3 is 0 Å². The highest BCUT2D eigenvalue weighted by atomic mass is 16.7. The maximum absolute atomic E-state index is 12.7. The summed E-state index contributed by atoms with van der Waals surface area (Å²) in [6.07, 6.45) is 5.84. The van der Waals surface area contributed by atoms with Crippen molar-refractivity contribution in [1.82, 2.24) is 10.6 Å². The number of nitrogens with one attached hydrogen (secondary N) is 3. The van der Waals surface area contributed by atoms with E-state index in [-0.39, 0.29) is 23.4 Å². The number of ether oxygens (including phenoxy) is 2. The van der Waals surface area contributed by atoms with Crippen LogP contribution in [0.25, 0.3) is 0 Å². The van der Waals surface area contributed by atoms with Crippen LogP contribution in [0.3, 0.4) is 0 Å². The molecule has 0 bridgehead atoms. The highest BCUT2D eigenvalue weighted by Gasteiger charge is 2.46. The molecule has 2 saturated carbocycles. The Morgan fingerprint density at radius 3 is 2.76 bits per heavy atom. The molecule has 3 fully saturated rings. The zero-order valence-corrected chi connectivity index (χ0v) is 16.6. The lowest BCUT2D eigenvalue weighted by Crippen LogP contribution is -2.38. The lowest BCUT2D eigenvalue weighted by atomic mass is 10.0. The van der Waals surface area contributed by atoms with Crippen molar-refractivity contribution >= 4 is 5.91 Å². The zero-order valence-electron chi connectivity index (χ0n) is 16.6. The van der Waals surface area contributed by atoms with Crippen LogP contribution in [0.1, 0.15) is 47.2 Å². The van der Waals surface area contributed by atoms with Gasteiger partial charge in [0.25, 0.3) is 5.91 Å². The van der Waals surface area contributed by atoms with Crippen molar-refractivity contribution in [2.75, 3.05) is 19.8 Å². The van der Waals surface area contributed by atoms with Crippen LogP contribution >= 0.6 is 0 Å². The minimum Gasteiger partial charge on any atom is -0.383 e. The number of aryl methyl sites for hydroxylation is 1. The van der Waals surface area contributed by atoms with Crippen LogP contribution in [-0.2, 0) is 9.47 Å². The lowest BCUT2D eigenvalue weighted by Gasteiger charge is -2.29. The molecule has 1 amide bonds. The van der Waals surface area contributed by atoms with Gasteiger partial charge in [0.15, 0.2) is 12.1 Å². The molecule has 7 nitrogen and oxygen atoms in total. The Hall–Kier alpha value is -2.69.